The van der Waals surface area contributed by atoms with Crippen LogP contribution in [0.1, 0.15) is 23.7 Å². The average Bonchev–Trinajstić information content (AvgIpc) is 2.65. The fourth-order valence-corrected chi connectivity index (χ4v) is 2.35. The summed E-state index contributed by atoms with van der Waals surface area (Å²) >= 11 is 1.51. The van der Waals surface area contributed by atoms with Crippen molar-refractivity contribution in [3.05, 3.63) is 35.9 Å². The fraction of sp³-hybridized carbons (Fsp3) is 0.412. The van der Waals surface area contributed by atoms with Gasteiger partial charge in [0.05, 0.1) is 7.11 Å². The normalized spacial score (nSPS) is 12.4. The standard InChI is InChI=1S/C17H22N2O6S/c1-11(14(20)19-17(23)24-2)25-16(22)13(9-10-26-3)18-15(21)12-7-5-4-6-8-12/h4-8,11,13H,9-10H2,1-3H3,(H,18,21)(H,19,20,23)/t11-,13+/m1/s1. The third-order valence-corrected chi connectivity index (χ3v) is 3.95. The first-order valence-electron chi connectivity index (χ1n) is 7.83. The van der Waals surface area contributed by atoms with Gasteiger partial charge in [0.1, 0.15) is 6.04 Å². The molecule has 142 valence electrons. The number of carbonyl (C=O) groups is 4. The molecule has 0 aliphatic heterocycles. The van der Waals surface area contributed by atoms with E-state index in [1.807, 2.05) is 11.6 Å². The van der Waals surface area contributed by atoms with E-state index in [2.05, 4.69) is 10.1 Å². The van der Waals surface area contributed by atoms with Crippen LogP contribution in [0.4, 0.5) is 4.79 Å². The molecule has 1 aromatic carbocycles. The molecular weight excluding hydrogens is 360 g/mol. The minimum atomic E-state index is -1.22. The molecule has 1 aromatic rings. The van der Waals surface area contributed by atoms with E-state index in [-0.39, 0.29) is 0 Å². The number of nitrogens with one attached hydrogen (secondary N) is 2. The first kappa shape index (κ1) is 21.5. The van der Waals surface area contributed by atoms with Crippen molar-refractivity contribution >= 4 is 35.6 Å². The van der Waals surface area contributed by atoms with Gasteiger partial charge >= 0.3 is 12.1 Å². The van der Waals surface area contributed by atoms with Crippen LogP contribution in [0.2, 0.25) is 0 Å². The summed E-state index contributed by atoms with van der Waals surface area (Å²) in [4.78, 5) is 47.4. The molecule has 2 atom stereocenters. The third kappa shape index (κ3) is 7.14. The molecule has 8 nitrogen and oxygen atoms in total. The van der Waals surface area contributed by atoms with Gasteiger partial charge in [0, 0.05) is 5.56 Å². The molecule has 0 aliphatic carbocycles. The van der Waals surface area contributed by atoms with Gasteiger partial charge in [0.2, 0.25) is 0 Å². The molecule has 0 aromatic heterocycles. The minimum Gasteiger partial charge on any atom is -0.453 e. The smallest absolute Gasteiger partial charge is 0.413 e. The Bertz CT molecular complexity index is 637. The predicted molar refractivity (Wildman–Crippen MR) is 96.8 cm³/mol. The monoisotopic (exact) mass is 382 g/mol. The third-order valence-electron chi connectivity index (χ3n) is 3.31. The van der Waals surface area contributed by atoms with Gasteiger partial charge in [-0.25, -0.2) is 9.59 Å². The molecule has 0 spiro atoms. The lowest BCUT2D eigenvalue weighted by atomic mass is 10.1. The quantitative estimate of drug-likeness (QED) is 0.653. The highest BCUT2D eigenvalue weighted by atomic mass is 32.2. The number of carbonyl (C=O) groups excluding carboxylic acids is 4. The molecule has 0 fully saturated rings. The van der Waals surface area contributed by atoms with Crippen molar-refractivity contribution in [2.75, 3.05) is 19.1 Å². The Morgan fingerprint density at radius 2 is 1.81 bits per heavy atom. The van der Waals surface area contributed by atoms with E-state index < -0.39 is 36.0 Å². The molecule has 0 saturated carbocycles. The second kappa shape index (κ2) is 11.1. The zero-order valence-electron chi connectivity index (χ0n) is 14.8. The number of benzene rings is 1. The zero-order valence-corrected chi connectivity index (χ0v) is 15.6. The minimum absolute atomic E-state index is 0.337. The Hall–Kier alpha value is -2.55. The van der Waals surface area contributed by atoms with Gasteiger partial charge in [0.25, 0.3) is 11.8 Å². The number of hydrogen-bond acceptors (Lipinski definition) is 7. The summed E-state index contributed by atoms with van der Waals surface area (Å²) < 4.78 is 9.38. The molecule has 3 amide bonds. The molecule has 1 rings (SSSR count). The number of rotatable bonds is 8. The fourth-order valence-electron chi connectivity index (χ4n) is 1.88. The molecule has 2 N–H and O–H groups in total. The topological polar surface area (TPSA) is 111 Å². The summed E-state index contributed by atoms with van der Waals surface area (Å²) in [6, 6.07) is 7.53. The number of amides is 3. The van der Waals surface area contributed by atoms with Gasteiger partial charge in [-0.3, -0.25) is 14.9 Å². The van der Waals surface area contributed by atoms with Crippen LogP contribution >= 0.6 is 11.8 Å². The van der Waals surface area contributed by atoms with Crippen molar-refractivity contribution in [3.63, 3.8) is 0 Å². The number of methoxy groups -OCH3 is 1. The molecule has 0 unspecified atom stereocenters. The van der Waals surface area contributed by atoms with E-state index in [0.29, 0.717) is 17.7 Å². The van der Waals surface area contributed by atoms with E-state index in [1.54, 1.807) is 30.3 Å². The molecule has 0 saturated heterocycles. The Kier molecular flexibility index (Phi) is 9.21. The van der Waals surface area contributed by atoms with E-state index >= 15 is 0 Å². The highest BCUT2D eigenvalue weighted by molar-refractivity contribution is 7.98. The summed E-state index contributed by atoms with van der Waals surface area (Å²) in [5.41, 5.74) is 0.408. The highest BCUT2D eigenvalue weighted by Crippen LogP contribution is 2.07. The number of imide groups is 1. The van der Waals surface area contributed by atoms with E-state index in [0.717, 1.165) is 7.11 Å². The largest absolute Gasteiger partial charge is 0.453 e. The Morgan fingerprint density at radius 1 is 1.15 bits per heavy atom. The van der Waals surface area contributed by atoms with Gasteiger partial charge in [-0.05, 0) is 37.5 Å². The van der Waals surface area contributed by atoms with Gasteiger partial charge in [-0.15, -0.1) is 0 Å². The Labute approximate surface area is 156 Å². The van der Waals surface area contributed by atoms with E-state index in [1.165, 1.54) is 18.7 Å². The lowest BCUT2D eigenvalue weighted by Crippen LogP contribution is -2.46. The van der Waals surface area contributed by atoms with Gasteiger partial charge in [0.15, 0.2) is 6.10 Å². The maximum absolute atomic E-state index is 12.3. The van der Waals surface area contributed by atoms with Gasteiger partial charge < -0.3 is 14.8 Å². The van der Waals surface area contributed by atoms with E-state index in [9.17, 15) is 19.2 Å². The molecule has 0 bridgehead atoms. The molecular formula is C17H22N2O6S. The molecule has 0 radical (unpaired) electrons. The first-order valence-corrected chi connectivity index (χ1v) is 9.22. The van der Waals surface area contributed by atoms with Crippen LogP contribution in [0.15, 0.2) is 30.3 Å². The number of ether oxygens (including phenoxy) is 2. The lowest BCUT2D eigenvalue weighted by Gasteiger charge is -2.20. The number of thioether (sulfide) groups is 1. The van der Waals surface area contributed by atoms with Crippen molar-refractivity contribution in [2.45, 2.75) is 25.5 Å². The molecule has 9 heteroatoms. The maximum Gasteiger partial charge on any atom is 0.413 e. The average molecular weight is 382 g/mol. The Balaban J connectivity index is 2.72. The molecule has 0 aliphatic rings. The van der Waals surface area contributed by atoms with Gasteiger partial charge in [-0.1, -0.05) is 18.2 Å². The van der Waals surface area contributed by atoms with Crippen LogP contribution in [0.5, 0.6) is 0 Å². The van der Waals surface area contributed by atoms with Crippen molar-refractivity contribution in [2.24, 2.45) is 0 Å². The summed E-state index contributed by atoms with van der Waals surface area (Å²) in [6.07, 6.45) is 0.0406. The summed E-state index contributed by atoms with van der Waals surface area (Å²) in [7, 11) is 1.11. The van der Waals surface area contributed by atoms with Gasteiger partial charge in [-0.2, -0.15) is 11.8 Å². The number of esters is 1. The molecule has 26 heavy (non-hydrogen) atoms. The van der Waals surface area contributed by atoms with Crippen molar-refractivity contribution < 1.29 is 28.7 Å². The second-order valence-corrected chi connectivity index (χ2v) is 6.22. The first-order chi connectivity index (χ1) is 12.4. The van der Waals surface area contributed by atoms with Crippen LogP contribution in [0, 0.1) is 0 Å². The van der Waals surface area contributed by atoms with Crippen molar-refractivity contribution in [1.82, 2.24) is 10.6 Å². The number of hydrogen-bond donors (Lipinski definition) is 2. The van der Waals surface area contributed by atoms with Crippen LogP contribution in [0.25, 0.3) is 0 Å². The van der Waals surface area contributed by atoms with Crippen LogP contribution in [-0.4, -0.2) is 55.1 Å². The van der Waals surface area contributed by atoms with Crippen molar-refractivity contribution in [3.8, 4) is 0 Å². The zero-order chi connectivity index (χ0) is 19.5. The van der Waals surface area contributed by atoms with Crippen LogP contribution in [0.3, 0.4) is 0 Å². The summed E-state index contributed by atoms with van der Waals surface area (Å²) in [5, 5.41) is 4.53. The molecule has 0 heterocycles. The highest BCUT2D eigenvalue weighted by Gasteiger charge is 2.27. The number of alkyl carbamates (subject to hydrolysis) is 1. The second-order valence-electron chi connectivity index (χ2n) is 5.23. The van der Waals surface area contributed by atoms with E-state index in [4.69, 9.17) is 4.74 Å². The van der Waals surface area contributed by atoms with Crippen LogP contribution < -0.4 is 10.6 Å². The summed E-state index contributed by atoms with van der Waals surface area (Å²) in [5.74, 6) is -1.38. The Morgan fingerprint density at radius 3 is 2.38 bits per heavy atom. The predicted octanol–water partition coefficient (Wildman–Crippen LogP) is 1.35. The maximum atomic E-state index is 12.3. The summed E-state index contributed by atoms with van der Waals surface area (Å²) in [6.45, 7) is 1.32. The lowest BCUT2D eigenvalue weighted by molar-refractivity contribution is -0.156. The SMILES string of the molecule is COC(=O)NC(=O)[C@@H](C)OC(=O)[C@H](CCSC)NC(=O)c1ccccc1. The van der Waals surface area contributed by atoms with Crippen LogP contribution in [-0.2, 0) is 19.1 Å². The van der Waals surface area contributed by atoms with Crippen molar-refractivity contribution in [1.29, 1.82) is 0 Å².